The highest BCUT2D eigenvalue weighted by Crippen LogP contribution is 2.35. The van der Waals surface area contributed by atoms with Crippen LogP contribution in [0.3, 0.4) is 0 Å². The van der Waals surface area contributed by atoms with Gasteiger partial charge in [-0.3, -0.25) is 9.78 Å². The summed E-state index contributed by atoms with van der Waals surface area (Å²) in [5.74, 6) is -0.212. The first-order valence-corrected chi connectivity index (χ1v) is 13.0. The van der Waals surface area contributed by atoms with Crippen LogP contribution < -0.4 is 9.64 Å². The van der Waals surface area contributed by atoms with Crippen molar-refractivity contribution in [3.8, 4) is 17.3 Å². The van der Waals surface area contributed by atoms with Gasteiger partial charge in [-0.1, -0.05) is 30.3 Å². The third-order valence-corrected chi connectivity index (χ3v) is 7.02. The normalized spacial score (nSPS) is 13.9. The number of halogens is 2. The van der Waals surface area contributed by atoms with Crippen LogP contribution in [0.15, 0.2) is 60.9 Å². The second-order valence-electron chi connectivity index (χ2n) is 9.53. The number of carbonyl (C=O) groups excluding carboxylic acids is 1. The summed E-state index contributed by atoms with van der Waals surface area (Å²) in [7, 11) is 1.41. The van der Waals surface area contributed by atoms with Crippen LogP contribution in [-0.4, -0.2) is 69.0 Å². The number of aromatic nitrogens is 5. The number of benzene rings is 2. The number of methoxy groups -OCH3 is 1. The molecule has 11 heteroatoms. The predicted octanol–water partition coefficient (Wildman–Crippen LogP) is 4.59. The van der Waals surface area contributed by atoms with E-state index < -0.39 is 11.6 Å². The van der Waals surface area contributed by atoms with Gasteiger partial charge >= 0.3 is 6.01 Å². The van der Waals surface area contributed by atoms with Gasteiger partial charge in [-0.25, -0.2) is 18.7 Å². The summed E-state index contributed by atoms with van der Waals surface area (Å²) in [5.41, 5.74) is 0.994. The van der Waals surface area contributed by atoms with E-state index in [1.807, 2.05) is 4.90 Å². The highest BCUT2D eigenvalue weighted by atomic mass is 19.1. The smallest absolute Gasteiger partial charge is 0.318 e. The quantitative estimate of drug-likeness (QED) is 0.292. The lowest BCUT2D eigenvalue weighted by atomic mass is 10.0. The number of hydrogen-bond acceptors (Lipinski definition) is 8. The molecular formula is C30H25F2N7O2. The van der Waals surface area contributed by atoms with Gasteiger partial charge in [0.1, 0.15) is 28.7 Å². The summed E-state index contributed by atoms with van der Waals surface area (Å²) >= 11 is 0. The average molecular weight is 554 g/mol. The Balaban J connectivity index is 1.30. The lowest BCUT2D eigenvalue weighted by Crippen LogP contribution is -2.48. The van der Waals surface area contributed by atoms with E-state index in [2.05, 4.69) is 24.9 Å². The number of piperazine rings is 1. The fourth-order valence-electron chi connectivity index (χ4n) is 5.00. The first kappa shape index (κ1) is 26.2. The molecule has 0 unspecified atom stereocenters. The molecule has 41 heavy (non-hydrogen) atoms. The molecule has 1 amide bonds. The average Bonchev–Trinajstić information content (AvgIpc) is 3.00. The summed E-state index contributed by atoms with van der Waals surface area (Å²) in [6, 6.07) is 11.6. The molecule has 1 saturated heterocycles. The van der Waals surface area contributed by atoms with Crippen LogP contribution in [0.4, 0.5) is 14.6 Å². The van der Waals surface area contributed by atoms with Crippen molar-refractivity contribution in [2.75, 3.05) is 38.2 Å². The molecule has 0 aliphatic carbocycles. The molecule has 6 rings (SSSR count). The first-order valence-electron chi connectivity index (χ1n) is 13.0. The number of aryl methyl sites for hydroxylation is 1. The Labute approximate surface area is 234 Å². The summed E-state index contributed by atoms with van der Waals surface area (Å²) in [4.78, 5) is 38.0. The summed E-state index contributed by atoms with van der Waals surface area (Å²) in [6.45, 7) is 3.57. The zero-order valence-corrected chi connectivity index (χ0v) is 22.4. The van der Waals surface area contributed by atoms with Gasteiger partial charge in [0.15, 0.2) is 5.82 Å². The molecule has 0 radical (unpaired) electrons. The number of amides is 1. The minimum atomic E-state index is -0.695. The minimum absolute atomic E-state index is 0.00534. The zero-order valence-electron chi connectivity index (χ0n) is 22.4. The Bertz CT molecular complexity index is 1820. The number of carbonyl (C=O) groups is 1. The Morgan fingerprint density at radius 3 is 2.51 bits per heavy atom. The third kappa shape index (κ3) is 5.02. The molecule has 5 aromatic rings. The van der Waals surface area contributed by atoms with Crippen LogP contribution in [0.25, 0.3) is 39.0 Å². The third-order valence-electron chi connectivity index (χ3n) is 7.02. The highest BCUT2D eigenvalue weighted by Gasteiger charge is 2.26. The maximum atomic E-state index is 16.1. The van der Waals surface area contributed by atoms with Crippen molar-refractivity contribution in [2.45, 2.75) is 6.92 Å². The van der Waals surface area contributed by atoms with E-state index in [9.17, 15) is 9.18 Å². The monoisotopic (exact) mass is 553 g/mol. The van der Waals surface area contributed by atoms with Crippen LogP contribution in [-0.2, 0) is 4.79 Å². The standard InChI is InChI=1S/C30H25F2N7O2/c1-18-33-12-11-20(35-18)9-10-24(40)38-13-15-39(16-14-38)29-22-17-34-27(26(32)28(22)36-30(37-29)41-2)21-7-3-5-19-6-4-8-23(31)25(19)21/h3-12,17H,13-16H2,1-2H3/b10-9+. The lowest BCUT2D eigenvalue weighted by Gasteiger charge is -2.35. The summed E-state index contributed by atoms with van der Waals surface area (Å²) < 4.78 is 36.2. The number of nitrogens with zero attached hydrogens (tertiary/aromatic N) is 7. The number of ether oxygens (including phenoxy) is 1. The van der Waals surface area contributed by atoms with Crippen LogP contribution >= 0.6 is 0 Å². The summed E-state index contributed by atoms with van der Waals surface area (Å²) in [5, 5.41) is 1.32. The van der Waals surface area contributed by atoms with E-state index in [1.165, 1.54) is 25.4 Å². The predicted molar refractivity (Wildman–Crippen MR) is 151 cm³/mol. The number of fused-ring (bicyclic) bond motifs is 2. The van der Waals surface area contributed by atoms with Gasteiger partial charge in [0.2, 0.25) is 5.91 Å². The molecule has 0 spiro atoms. The Morgan fingerprint density at radius 2 is 1.76 bits per heavy atom. The maximum Gasteiger partial charge on any atom is 0.318 e. The van der Waals surface area contributed by atoms with E-state index >= 15 is 4.39 Å². The number of pyridine rings is 1. The number of hydrogen-bond donors (Lipinski definition) is 0. The second kappa shape index (κ2) is 10.8. The second-order valence-corrected chi connectivity index (χ2v) is 9.53. The van der Waals surface area contributed by atoms with Crippen molar-refractivity contribution >= 4 is 39.5 Å². The molecule has 1 fully saturated rings. The van der Waals surface area contributed by atoms with Crippen molar-refractivity contribution < 1.29 is 18.3 Å². The minimum Gasteiger partial charge on any atom is -0.467 e. The van der Waals surface area contributed by atoms with E-state index in [0.29, 0.717) is 59.9 Å². The van der Waals surface area contributed by atoms with E-state index in [-0.39, 0.29) is 28.5 Å². The molecule has 0 atom stereocenters. The maximum absolute atomic E-state index is 16.1. The molecule has 0 saturated carbocycles. The van der Waals surface area contributed by atoms with E-state index in [0.717, 1.165) is 0 Å². The molecule has 0 bridgehead atoms. The van der Waals surface area contributed by atoms with Crippen molar-refractivity contribution in [2.24, 2.45) is 0 Å². The fraction of sp³-hybridized carbons (Fsp3) is 0.200. The fourth-order valence-corrected chi connectivity index (χ4v) is 5.00. The molecule has 0 N–H and O–H groups in total. The first-order chi connectivity index (χ1) is 19.9. The van der Waals surface area contributed by atoms with Gasteiger partial charge < -0.3 is 14.5 Å². The van der Waals surface area contributed by atoms with Gasteiger partial charge in [0, 0.05) is 55.6 Å². The van der Waals surface area contributed by atoms with Crippen LogP contribution in [0.1, 0.15) is 11.5 Å². The van der Waals surface area contributed by atoms with Gasteiger partial charge in [-0.05, 0) is 30.5 Å². The topological polar surface area (TPSA) is 97.2 Å². The Kier molecular flexibility index (Phi) is 6.92. The zero-order chi connectivity index (χ0) is 28.5. The van der Waals surface area contributed by atoms with Gasteiger partial charge in [-0.2, -0.15) is 9.97 Å². The van der Waals surface area contributed by atoms with Gasteiger partial charge in [-0.15, -0.1) is 0 Å². The Hall–Kier alpha value is -5.06. The number of rotatable bonds is 5. The summed E-state index contributed by atoms with van der Waals surface area (Å²) in [6.07, 6.45) is 6.32. The largest absolute Gasteiger partial charge is 0.467 e. The SMILES string of the molecule is COc1nc(N2CCN(C(=O)/C=C/c3ccnc(C)n3)CC2)c2cnc(-c3cccc4cccc(F)c34)c(F)c2n1. The lowest BCUT2D eigenvalue weighted by molar-refractivity contribution is -0.126. The van der Waals surface area contributed by atoms with Crippen LogP contribution in [0.2, 0.25) is 0 Å². The van der Waals surface area contributed by atoms with Crippen molar-refractivity contribution in [3.05, 3.63) is 84.1 Å². The van der Waals surface area contributed by atoms with Crippen molar-refractivity contribution in [1.29, 1.82) is 0 Å². The molecular weight excluding hydrogens is 528 g/mol. The molecule has 1 aliphatic rings. The van der Waals surface area contributed by atoms with Crippen molar-refractivity contribution in [3.63, 3.8) is 0 Å². The molecule has 3 aromatic heterocycles. The van der Waals surface area contributed by atoms with Gasteiger partial charge in [0.25, 0.3) is 0 Å². The van der Waals surface area contributed by atoms with E-state index in [4.69, 9.17) is 4.74 Å². The molecule has 1 aliphatic heterocycles. The van der Waals surface area contributed by atoms with Gasteiger partial charge in [0.05, 0.1) is 18.2 Å². The highest BCUT2D eigenvalue weighted by molar-refractivity contribution is 5.99. The Morgan fingerprint density at radius 1 is 0.976 bits per heavy atom. The van der Waals surface area contributed by atoms with Crippen LogP contribution in [0.5, 0.6) is 6.01 Å². The van der Waals surface area contributed by atoms with Crippen LogP contribution in [0, 0.1) is 18.6 Å². The molecule has 9 nitrogen and oxygen atoms in total. The molecule has 206 valence electrons. The van der Waals surface area contributed by atoms with Crippen molar-refractivity contribution in [1.82, 2.24) is 29.8 Å². The number of anilines is 1. The molecule has 2 aromatic carbocycles. The molecule has 4 heterocycles. The van der Waals surface area contributed by atoms with E-state index in [1.54, 1.807) is 60.5 Å².